The molecule has 1 aliphatic heterocycles. The minimum absolute atomic E-state index is 0.0698. The molecule has 3 heteroatoms. The number of fused-ring (bicyclic) bond motifs is 3. The van der Waals surface area contributed by atoms with Crippen LogP contribution < -0.4 is 10.6 Å². The number of aromatic nitrogens is 1. The van der Waals surface area contributed by atoms with E-state index in [1.807, 2.05) is 0 Å². The monoisotopic (exact) mass is 555 g/mol. The van der Waals surface area contributed by atoms with E-state index in [0.29, 0.717) is 0 Å². The lowest BCUT2D eigenvalue weighted by atomic mass is 9.96. The normalized spacial score (nSPS) is 18.1. The molecule has 2 unspecified atom stereocenters. The Balaban J connectivity index is 1.13. The second kappa shape index (κ2) is 10.9. The van der Waals surface area contributed by atoms with Crippen LogP contribution in [0.4, 0.5) is 0 Å². The van der Waals surface area contributed by atoms with E-state index >= 15 is 0 Å². The Morgan fingerprint density at radius 2 is 1.33 bits per heavy atom. The topological polar surface area (TPSA) is 29.0 Å². The minimum Gasteiger partial charge on any atom is -0.359 e. The molecule has 0 fully saturated rings. The number of hydrogen-bond donors (Lipinski definition) is 2. The van der Waals surface area contributed by atoms with Crippen molar-refractivity contribution in [1.82, 2.24) is 15.2 Å². The predicted octanol–water partition coefficient (Wildman–Crippen LogP) is 9.77. The maximum Gasteiger partial charge on any atom is 0.160 e. The van der Waals surface area contributed by atoms with Gasteiger partial charge in [-0.15, -0.1) is 0 Å². The number of nitrogens with one attached hydrogen (secondary N) is 2. The van der Waals surface area contributed by atoms with E-state index in [1.54, 1.807) is 0 Å². The van der Waals surface area contributed by atoms with Gasteiger partial charge >= 0.3 is 0 Å². The fourth-order valence-corrected chi connectivity index (χ4v) is 6.59. The summed E-state index contributed by atoms with van der Waals surface area (Å²) < 4.78 is 2.43. The fraction of sp³-hybridized carbons (Fsp3) is 0.100. The van der Waals surface area contributed by atoms with Crippen LogP contribution in [-0.2, 0) is 0 Å². The third kappa shape index (κ3) is 4.78. The predicted molar refractivity (Wildman–Crippen MR) is 180 cm³/mol. The van der Waals surface area contributed by atoms with Gasteiger partial charge in [0.2, 0.25) is 0 Å². The van der Waals surface area contributed by atoms with E-state index in [9.17, 15) is 0 Å². The first kappa shape index (κ1) is 25.6. The van der Waals surface area contributed by atoms with Crippen LogP contribution in [0.2, 0.25) is 0 Å². The Morgan fingerprint density at radius 1 is 0.605 bits per heavy atom. The zero-order valence-corrected chi connectivity index (χ0v) is 23.9. The molecule has 8 rings (SSSR count). The summed E-state index contributed by atoms with van der Waals surface area (Å²) >= 11 is 0. The van der Waals surface area contributed by atoms with Gasteiger partial charge < -0.3 is 9.88 Å². The lowest BCUT2D eigenvalue weighted by Gasteiger charge is -2.31. The molecule has 2 aliphatic rings. The number of benzene rings is 5. The van der Waals surface area contributed by atoms with Crippen molar-refractivity contribution in [2.75, 3.05) is 0 Å². The van der Waals surface area contributed by atoms with E-state index in [-0.39, 0.29) is 12.3 Å². The highest BCUT2D eigenvalue weighted by atomic mass is 15.3. The Labute approximate surface area is 252 Å². The van der Waals surface area contributed by atoms with Gasteiger partial charge in [-0.05, 0) is 82.3 Å². The van der Waals surface area contributed by atoms with Gasteiger partial charge in [0.1, 0.15) is 0 Å². The number of allylic oxidation sites excluding steroid dienone is 4. The number of rotatable bonds is 5. The molecule has 2 atom stereocenters. The maximum absolute atomic E-state index is 3.90. The van der Waals surface area contributed by atoms with Crippen LogP contribution in [0.3, 0.4) is 0 Å². The molecule has 5 aromatic carbocycles. The average Bonchev–Trinajstić information content (AvgIpc) is 3.43. The van der Waals surface area contributed by atoms with Crippen LogP contribution >= 0.6 is 0 Å². The van der Waals surface area contributed by atoms with Crippen molar-refractivity contribution < 1.29 is 0 Å². The van der Waals surface area contributed by atoms with E-state index in [2.05, 4.69) is 167 Å². The summed E-state index contributed by atoms with van der Waals surface area (Å²) in [6.07, 6.45) is 13.1. The first-order valence-corrected chi connectivity index (χ1v) is 15.2. The Kier molecular flexibility index (Phi) is 6.51. The number of nitrogens with zero attached hydrogens (tertiary/aromatic N) is 1. The molecule has 1 aliphatic carbocycles. The summed E-state index contributed by atoms with van der Waals surface area (Å²) in [7, 11) is 0. The largest absolute Gasteiger partial charge is 0.359 e. The minimum atomic E-state index is -0.0957. The molecular formula is C40H33N3. The Hall–Kier alpha value is -5.12. The van der Waals surface area contributed by atoms with Crippen LogP contribution in [0.25, 0.3) is 49.6 Å². The molecule has 208 valence electrons. The van der Waals surface area contributed by atoms with Crippen LogP contribution in [0, 0.1) is 0 Å². The third-order valence-corrected chi connectivity index (χ3v) is 8.81. The Bertz CT molecular complexity index is 2030. The molecule has 0 bridgehead atoms. The fourth-order valence-electron chi connectivity index (χ4n) is 6.59. The lowest BCUT2D eigenvalue weighted by molar-refractivity contribution is 0.342. The smallest absolute Gasteiger partial charge is 0.160 e. The Morgan fingerprint density at radius 3 is 2.16 bits per heavy atom. The standard InChI is InChI=1S/C40H33N3/c1-3-10-28(11-4-1)30-18-20-31(21-19-30)32-14-9-15-34(26-32)37-24-25-41-40(42-37)43-38-17-8-7-16-35(38)36-23-22-33(27-39(36)43)29-12-5-2-6-13-29/h1-5,7-12,14-27,37,40-42H,6,13H2. The van der Waals surface area contributed by atoms with Gasteiger partial charge in [0, 0.05) is 10.8 Å². The molecule has 6 aromatic rings. The van der Waals surface area contributed by atoms with Gasteiger partial charge in [-0.1, -0.05) is 121 Å². The first-order chi connectivity index (χ1) is 21.3. The van der Waals surface area contributed by atoms with Crippen molar-refractivity contribution in [3.63, 3.8) is 0 Å². The van der Waals surface area contributed by atoms with Gasteiger partial charge in [-0.3, -0.25) is 5.32 Å². The van der Waals surface area contributed by atoms with E-state index in [1.165, 1.54) is 60.8 Å². The molecule has 0 amide bonds. The third-order valence-electron chi connectivity index (χ3n) is 8.81. The summed E-state index contributed by atoms with van der Waals surface area (Å²) in [5.74, 6) is 0. The van der Waals surface area contributed by atoms with Crippen molar-refractivity contribution in [2.24, 2.45) is 0 Å². The molecule has 0 saturated carbocycles. The molecule has 43 heavy (non-hydrogen) atoms. The van der Waals surface area contributed by atoms with Gasteiger partial charge in [-0.2, -0.15) is 0 Å². The second-order valence-electron chi connectivity index (χ2n) is 11.4. The molecule has 0 saturated heterocycles. The SMILES string of the molecule is C1=CCCC(c2ccc3c4ccccc4n(C4NC=CC(c5cccc(-c6ccc(-c7ccccc7)cc6)c5)N4)c3c2)=C1. The van der Waals surface area contributed by atoms with Crippen molar-refractivity contribution in [1.29, 1.82) is 0 Å². The van der Waals surface area contributed by atoms with Crippen LogP contribution in [0.1, 0.15) is 36.3 Å². The second-order valence-corrected chi connectivity index (χ2v) is 11.4. The van der Waals surface area contributed by atoms with Gasteiger partial charge in [0.05, 0.1) is 17.1 Å². The summed E-state index contributed by atoms with van der Waals surface area (Å²) in [4.78, 5) is 0. The zero-order chi connectivity index (χ0) is 28.6. The number of hydrogen-bond acceptors (Lipinski definition) is 2. The highest BCUT2D eigenvalue weighted by molar-refractivity contribution is 6.08. The van der Waals surface area contributed by atoms with Gasteiger partial charge in [0.25, 0.3) is 0 Å². The average molecular weight is 556 g/mol. The summed E-state index contributed by atoms with van der Waals surface area (Å²) in [6, 6.07) is 44.1. The summed E-state index contributed by atoms with van der Waals surface area (Å²) in [5.41, 5.74) is 11.3. The van der Waals surface area contributed by atoms with Crippen molar-refractivity contribution in [2.45, 2.75) is 25.2 Å². The zero-order valence-electron chi connectivity index (χ0n) is 23.9. The lowest BCUT2D eigenvalue weighted by Crippen LogP contribution is -2.40. The van der Waals surface area contributed by atoms with Crippen LogP contribution in [0.15, 0.2) is 152 Å². The molecular weight excluding hydrogens is 522 g/mol. The molecule has 2 heterocycles. The van der Waals surface area contributed by atoms with Crippen molar-refractivity contribution >= 4 is 27.4 Å². The van der Waals surface area contributed by atoms with Gasteiger partial charge in [0.15, 0.2) is 6.29 Å². The molecule has 0 spiro atoms. The van der Waals surface area contributed by atoms with Crippen molar-refractivity contribution in [3.8, 4) is 22.3 Å². The summed E-state index contributed by atoms with van der Waals surface area (Å²) in [6.45, 7) is 0. The van der Waals surface area contributed by atoms with Crippen LogP contribution in [-0.4, -0.2) is 4.57 Å². The number of para-hydroxylation sites is 1. The molecule has 3 nitrogen and oxygen atoms in total. The maximum atomic E-state index is 3.90. The highest BCUT2D eigenvalue weighted by Crippen LogP contribution is 2.36. The van der Waals surface area contributed by atoms with Gasteiger partial charge in [-0.25, -0.2) is 0 Å². The van der Waals surface area contributed by atoms with Crippen molar-refractivity contribution in [3.05, 3.63) is 163 Å². The van der Waals surface area contributed by atoms with E-state index < -0.39 is 0 Å². The van der Waals surface area contributed by atoms with E-state index in [4.69, 9.17) is 0 Å². The summed E-state index contributed by atoms with van der Waals surface area (Å²) in [5, 5.41) is 10.1. The molecule has 1 aromatic heterocycles. The molecule has 0 radical (unpaired) electrons. The quantitative estimate of drug-likeness (QED) is 0.222. The van der Waals surface area contributed by atoms with Crippen LogP contribution in [0.5, 0.6) is 0 Å². The molecule has 2 N–H and O–H groups in total. The first-order valence-electron chi connectivity index (χ1n) is 15.2. The highest BCUT2D eigenvalue weighted by Gasteiger charge is 2.23. The van der Waals surface area contributed by atoms with E-state index in [0.717, 1.165) is 12.8 Å².